The Balaban J connectivity index is 1.94. The second kappa shape index (κ2) is 5.67. The van der Waals surface area contributed by atoms with Crippen molar-refractivity contribution >= 4 is 16.8 Å². The summed E-state index contributed by atoms with van der Waals surface area (Å²) in [5.74, 6) is 0.158. The van der Waals surface area contributed by atoms with Gasteiger partial charge in [-0.25, -0.2) is 0 Å². The molecule has 1 saturated heterocycles. The van der Waals surface area contributed by atoms with Gasteiger partial charge in [-0.15, -0.1) is 0 Å². The van der Waals surface area contributed by atoms with Gasteiger partial charge in [-0.2, -0.15) is 0 Å². The van der Waals surface area contributed by atoms with Gasteiger partial charge in [0, 0.05) is 41.8 Å². The van der Waals surface area contributed by atoms with E-state index in [0.717, 1.165) is 48.9 Å². The van der Waals surface area contributed by atoms with E-state index in [2.05, 4.69) is 17.2 Å². The van der Waals surface area contributed by atoms with E-state index in [-0.39, 0.29) is 5.91 Å². The number of carbonyl (C=O) groups excluding carboxylic acids is 1. The smallest absolute Gasteiger partial charge is 0.254 e. The lowest BCUT2D eigenvalue weighted by molar-refractivity contribution is 0.0694. The third-order valence-electron chi connectivity index (χ3n) is 4.03. The number of nitrogens with one attached hydrogen (secondary N) is 2. The molecule has 0 bridgehead atoms. The van der Waals surface area contributed by atoms with Crippen molar-refractivity contribution in [3.05, 3.63) is 36.0 Å². The van der Waals surface area contributed by atoms with E-state index in [1.54, 1.807) is 0 Å². The first-order valence-electron chi connectivity index (χ1n) is 7.39. The number of carbonyl (C=O) groups is 1. The van der Waals surface area contributed by atoms with Gasteiger partial charge in [0.25, 0.3) is 5.91 Å². The molecule has 0 radical (unpaired) electrons. The maximum absolute atomic E-state index is 12.9. The maximum atomic E-state index is 12.9. The molecule has 1 aromatic heterocycles. The summed E-state index contributed by atoms with van der Waals surface area (Å²) in [5, 5.41) is 4.37. The predicted octanol–water partition coefficient (Wildman–Crippen LogP) is 2.38. The normalized spacial score (nSPS) is 18.6. The number of nitrogens with zero attached hydrogens (tertiary/aromatic N) is 1. The Hall–Kier alpha value is -1.81. The minimum atomic E-state index is 0.158. The van der Waals surface area contributed by atoms with Gasteiger partial charge in [-0.3, -0.25) is 4.79 Å². The Bertz CT molecular complexity index is 599. The van der Waals surface area contributed by atoms with Crippen molar-refractivity contribution in [2.45, 2.75) is 25.8 Å². The summed E-state index contributed by atoms with van der Waals surface area (Å²) < 4.78 is 0. The molecule has 1 aromatic carbocycles. The van der Waals surface area contributed by atoms with Crippen LogP contribution in [0.2, 0.25) is 0 Å². The molecule has 0 spiro atoms. The maximum Gasteiger partial charge on any atom is 0.254 e. The van der Waals surface area contributed by atoms with Gasteiger partial charge < -0.3 is 15.2 Å². The third-order valence-corrected chi connectivity index (χ3v) is 4.03. The fourth-order valence-corrected chi connectivity index (χ4v) is 3.02. The second-order valence-corrected chi connectivity index (χ2v) is 5.39. The second-order valence-electron chi connectivity index (χ2n) is 5.39. The molecule has 1 amide bonds. The standard InChI is InChI=1S/C16H21N3O/c1-2-10-19(12-6-8-17-11-12)16(20)14-4-3-5-15-13(14)7-9-18-15/h3-5,7,9,12,17-18H,2,6,8,10-11H2,1H3. The zero-order valence-corrected chi connectivity index (χ0v) is 11.9. The Kier molecular flexibility index (Phi) is 3.74. The largest absolute Gasteiger partial charge is 0.361 e. The molecule has 0 aliphatic carbocycles. The molecule has 106 valence electrons. The van der Waals surface area contributed by atoms with Gasteiger partial charge in [-0.05, 0) is 37.6 Å². The van der Waals surface area contributed by atoms with E-state index >= 15 is 0 Å². The third kappa shape index (κ3) is 2.31. The van der Waals surface area contributed by atoms with Crippen LogP contribution < -0.4 is 5.32 Å². The fraction of sp³-hybridized carbons (Fsp3) is 0.438. The Morgan fingerprint density at radius 3 is 3.05 bits per heavy atom. The van der Waals surface area contributed by atoms with Gasteiger partial charge in [0.05, 0.1) is 0 Å². The first-order chi connectivity index (χ1) is 9.81. The molecule has 4 nitrogen and oxygen atoms in total. The van der Waals surface area contributed by atoms with Crippen molar-refractivity contribution in [3.8, 4) is 0 Å². The zero-order chi connectivity index (χ0) is 13.9. The molecule has 0 saturated carbocycles. The molecule has 2 aromatic rings. The summed E-state index contributed by atoms with van der Waals surface area (Å²) in [6.45, 7) is 4.87. The number of hydrogen-bond acceptors (Lipinski definition) is 2. The highest BCUT2D eigenvalue weighted by Gasteiger charge is 2.27. The average molecular weight is 271 g/mol. The number of aromatic amines is 1. The number of aromatic nitrogens is 1. The molecular weight excluding hydrogens is 250 g/mol. The minimum Gasteiger partial charge on any atom is -0.361 e. The highest BCUT2D eigenvalue weighted by molar-refractivity contribution is 6.06. The van der Waals surface area contributed by atoms with Crippen LogP contribution in [-0.2, 0) is 0 Å². The quantitative estimate of drug-likeness (QED) is 0.897. The number of H-pyrrole nitrogens is 1. The summed E-state index contributed by atoms with van der Waals surface area (Å²) in [6.07, 6.45) is 3.93. The van der Waals surface area contributed by atoms with Crippen LogP contribution in [0, 0.1) is 0 Å². The Morgan fingerprint density at radius 2 is 2.30 bits per heavy atom. The van der Waals surface area contributed by atoms with Gasteiger partial charge in [0.2, 0.25) is 0 Å². The molecule has 1 unspecified atom stereocenters. The molecule has 1 fully saturated rings. The number of hydrogen-bond donors (Lipinski definition) is 2. The number of amides is 1. The summed E-state index contributed by atoms with van der Waals surface area (Å²) >= 11 is 0. The van der Waals surface area contributed by atoms with Crippen LogP contribution in [0.1, 0.15) is 30.1 Å². The van der Waals surface area contributed by atoms with Crippen molar-refractivity contribution in [2.24, 2.45) is 0 Å². The van der Waals surface area contributed by atoms with E-state index in [9.17, 15) is 4.79 Å². The lowest BCUT2D eigenvalue weighted by atomic mass is 10.1. The molecule has 2 heterocycles. The average Bonchev–Trinajstić information content (AvgIpc) is 3.14. The summed E-state index contributed by atoms with van der Waals surface area (Å²) in [5.41, 5.74) is 1.83. The highest BCUT2D eigenvalue weighted by atomic mass is 16.2. The molecule has 1 aliphatic rings. The summed E-state index contributed by atoms with van der Waals surface area (Å²) in [7, 11) is 0. The predicted molar refractivity (Wildman–Crippen MR) is 80.9 cm³/mol. The van der Waals surface area contributed by atoms with Crippen molar-refractivity contribution in [1.29, 1.82) is 0 Å². The summed E-state index contributed by atoms with van der Waals surface area (Å²) in [4.78, 5) is 18.1. The molecular formula is C16H21N3O. The van der Waals surface area contributed by atoms with Crippen molar-refractivity contribution in [2.75, 3.05) is 19.6 Å². The van der Waals surface area contributed by atoms with Crippen molar-refractivity contribution in [3.63, 3.8) is 0 Å². The molecule has 1 aliphatic heterocycles. The van der Waals surface area contributed by atoms with Crippen LogP contribution >= 0.6 is 0 Å². The zero-order valence-electron chi connectivity index (χ0n) is 11.9. The van der Waals surface area contributed by atoms with E-state index < -0.39 is 0 Å². The highest BCUT2D eigenvalue weighted by Crippen LogP contribution is 2.21. The van der Waals surface area contributed by atoms with Gasteiger partial charge in [0.15, 0.2) is 0 Å². The van der Waals surface area contributed by atoms with Crippen LogP contribution in [0.25, 0.3) is 10.9 Å². The van der Waals surface area contributed by atoms with E-state index in [4.69, 9.17) is 0 Å². The van der Waals surface area contributed by atoms with Crippen molar-refractivity contribution < 1.29 is 4.79 Å². The monoisotopic (exact) mass is 271 g/mol. The SMILES string of the molecule is CCCN(C(=O)c1cccc2[nH]ccc12)C1CCNC1. The topological polar surface area (TPSA) is 48.1 Å². The molecule has 3 rings (SSSR count). The van der Waals surface area contributed by atoms with Crippen LogP contribution in [0.4, 0.5) is 0 Å². The van der Waals surface area contributed by atoms with E-state index in [1.165, 1.54) is 0 Å². The lowest BCUT2D eigenvalue weighted by Crippen LogP contribution is -2.42. The minimum absolute atomic E-state index is 0.158. The number of fused-ring (bicyclic) bond motifs is 1. The summed E-state index contributed by atoms with van der Waals surface area (Å²) in [6, 6.07) is 8.20. The van der Waals surface area contributed by atoms with Gasteiger partial charge in [-0.1, -0.05) is 13.0 Å². The Morgan fingerprint density at radius 1 is 1.40 bits per heavy atom. The van der Waals surface area contributed by atoms with E-state index in [1.807, 2.05) is 35.4 Å². The van der Waals surface area contributed by atoms with Crippen molar-refractivity contribution in [1.82, 2.24) is 15.2 Å². The van der Waals surface area contributed by atoms with Gasteiger partial charge in [0.1, 0.15) is 0 Å². The lowest BCUT2D eigenvalue weighted by Gasteiger charge is -2.28. The van der Waals surface area contributed by atoms with Crippen LogP contribution in [-0.4, -0.2) is 41.5 Å². The number of benzene rings is 1. The first-order valence-corrected chi connectivity index (χ1v) is 7.39. The molecule has 2 N–H and O–H groups in total. The van der Waals surface area contributed by atoms with Crippen LogP contribution in [0.3, 0.4) is 0 Å². The fourth-order valence-electron chi connectivity index (χ4n) is 3.02. The van der Waals surface area contributed by atoms with Gasteiger partial charge >= 0.3 is 0 Å². The molecule has 1 atom stereocenters. The number of rotatable bonds is 4. The molecule has 20 heavy (non-hydrogen) atoms. The molecule has 4 heteroatoms. The first kappa shape index (κ1) is 13.2. The van der Waals surface area contributed by atoms with Crippen LogP contribution in [0.5, 0.6) is 0 Å². The Labute approximate surface area is 119 Å². The van der Waals surface area contributed by atoms with Crippen LogP contribution in [0.15, 0.2) is 30.5 Å². The van der Waals surface area contributed by atoms with E-state index in [0.29, 0.717) is 6.04 Å².